The lowest BCUT2D eigenvalue weighted by Gasteiger charge is -2.30. The molecule has 0 fully saturated rings. The first-order chi connectivity index (χ1) is 14.0. The zero-order valence-corrected chi connectivity index (χ0v) is 18.0. The van der Waals surface area contributed by atoms with E-state index >= 15 is 0 Å². The van der Waals surface area contributed by atoms with E-state index in [1.54, 1.807) is 30.4 Å². The Morgan fingerprint density at radius 3 is 3.00 bits per heavy atom. The molecule has 29 heavy (non-hydrogen) atoms. The number of ether oxygens (including phenoxy) is 2. The number of thiazole rings is 1. The molecular weight excluding hydrogens is 390 g/mol. The normalized spacial score (nSPS) is 13.2. The number of hydrogen-bond acceptors (Lipinski definition) is 6. The third-order valence-corrected chi connectivity index (χ3v) is 5.74. The van der Waals surface area contributed by atoms with Gasteiger partial charge < -0.3 is 14.4 Å². The number of carbonyl (C=O) groups is 2. The molecule has 1 aromatic heterocycles. The van der Waals surface area contributed by atoms with E-state index in [1.807, 2.05) is 23.6 Å². The lowest BCUT2D eigenvalue weighted by Crippen LogP contribution is -2.45. The summed E-state index contributed by atoms with van der Waals surface area (Å²) in [7, 11) is 3.45. The van der Waals surface area contributed by atoms with Crippen molar-refractivity contribution in [3.05, 3.63) is 28.6 Å². The van der Waals surface area contributed by atoms with E-state index in [1.165, 1.54) is 4.90 Å². The molecule has 2 amide bonds. The molecule has 3 rings (SSSR count). The van der Waals surface area contributed by atoms with Crippen molar-refractivity contribution in [1.29, 1.82) is 0 Å². The van der Waals surface area contributed by atoms with E-state index in [-0.39, 0.29) is 25.0 Å². The van der Waals surface area contributed by atoms with Crippen LogP contribution < -0.4 is 9.64 Å². The van der Waals surface area contributed by atoms with E-state index in [9.17, 15) is 9.59 Å². The fourth-order valence-electron chi connectivity index (χ4n) is 3.06. The maximum atomic E-state index is 12.6. The molecule has 0 saturated carbocycles. The molecule has 0 radical (unpaired) electrons. The SMILES string of the molecule is CCCCN(C)C(=O)CN1C(=O)COc2ccc(-c3csc(CCOC)n3)cc21. The number of unbranched alkanes of at least 4 members (excludes halogenated alkanes) is 1. The molecule has 0 N–H and O–H groups in total. The Morgan fingerprint density at radius 2 is 2.24 bits per heavy atom. The van der Waals surface area contributed by atoms with E-state index in [0.717, 1.165) is 35.5 Å². The summed E-state index contributed by atoms with van der Waals surface area (Å²) in [5, 5.41) is 2.99. The molecule has 2 aromatic rings. The Bertz CT molecular complexity index is 867. The average molecular weight is 418 g/mol. The van der Waals surface area contributed by atoms with E-state index in [4.69, 9.17) is 9.47 Å². The van der Waals surface area contributed by atoms with Gasteiger partial charge in [-0.2, -0.15) is 0 Å². The number of methoxy groups -OCH3 is 1. The summed E-state index contributed by atoms with van der Waals surface area (Å²) in [6.45, 7) is 3.34. The molecule has 0 atom stereocenters. The second kappa shape index (κ2) is 9.84. The molecule has 1 aliphatic rings. The Balaban J connectivity index is 1.82. The lowest BCUT2D eigenvalue weighted by molar-refractivity contribution is -0.131. The smallest absolute Gasteiger partial charge is 0.265 e. The highest BCUT2D eigenvalue weighted by Gasteiger charge is 2.28. The molecule has 2 heterocycles. The average Bonchev–Trinajstić information content (AvgIpc) is 3.21. The third-order valence-electron chi connectivity index (χ3n) is 4.84. The van der Waals surface area contributed by atoms with Crippen molar-refractivity contribution in [2.24, 2.45) is 0 Å². The highest BCUT2D eigenvalue weighted by atomic mass is 32.1. The van der Waals surface area contributed by atoms with Gasteiger partial charge in [0, 0.05) is 38.1 Å². The van der Waals surface area contributed by atoms with Crippen LogP contribution in [0.5, 0.6) is 5.75 Å². The predicted octanol–water partition coefficient (Wildman–Crippen LogP) is 2.98. The number of aromatic nitrogens is 1. The zero-order chi connectivity index (χ0) is 20.8. The van der Waals surface area contributed by atoms with Crippen molar-refractivity contribution < 1.29 is 19.1 Å². The van der Waals surface area contributed by atoms with E-state index in [0.29, 0.717) is 24.6 Å². The Morgan fingerprint density at radius 1 is 1.41 bits per heavy atom. The number of hydrogen-bond donors (Lipinski definition) is 0. The van der Waals surface area contributed by atoms with Crippen LogP contribution in [0.25, 0.3) is 11.3 Å². The van der Waals surface area contributed by atoms with Crippen molar-refractivity contribution in [1.82, 2.24) is 9.88 Å². The minimum Gasteiger partial charge on any atom is -0.482 e. The minimum atomic E-state index is -0.217. The highest BCUT2D eigenvalue weighted by Crippen LogP contribution is 2.36. The quantitative estimate of drug-likeness (QED) is 0.627. The van der Waals surface area contributed by atoms with Crippen molar-refractivity contribution in [2.75, 3.05) is 45.4 Å². The zero-order valence-electron chi connectivity index (χ0n) is 17.1. The first-order valence-electron chi connectivity index (χ1n) is 9.78. The van der Waals surface area contributed by atoms with Gasteiger partial charge in [-0.15, -0.1) is 11.3 Å². The maximum Gasteiger partial charge on any atom is 0.265 e. The lowest BCUT2D eigenvalue weighted by atomic mass is 10.1. The maximum absolute atomic E-state index is 12.6. The van der Waals surface area contributed by atoms with Crippen molar-refractivity contribution >= 4 is 28.8 Å². The number of fused-ring (bicyclic) bond motifs is 1. The van der Waals surface area contributed by atoms with Gasteiger partial charge in [0.25, 0.3) is 5.91 Å². The van der Waals surface area contributed by atoms with Crippen LogP contribution >= 0.6 is 11.3 Å². The largest absolute Gasteiger partial charge is 0.482 e. The van der Waals surface area contributed by atoms with Gasteiger partial charge in [-0.05, 0) is 24.6 Å². The predicted molar refractivity (Wildman–Crippen MR) is 114 cm³/mol. The number of rotatable bonds is 9. The van der Waals surface area contributed by atoms with Gasteiger partial charge in [0.15, 0.2) is 6.61 Å². The first kappa shape index (κ1) is 21.3. The molecule has 0 saturated heterocycles. The van der Waals surface area contributed by atoms with E-state index in [2.05, 4.69) is 11.9 Å². The molecular formula is C21H27N3O4S. The van der Waals surface area contributed by atoms with Gasteiger partial charge in [-0.1, -0.05) is 13.3 Å². The molecule has 7 nitrogen and oxygen atoms in total. The first-order valence-corrected chi connectivity index (χ1v) is 10.7. The summed E-state index contributed by atoms with van der Waals surface area (Å²) >= 11 is 1.58. The van der Waals surface area contributed by atoms with Crippen LogP contribution in [0.2, 0.25) is 0 Å². The minimum absolute atomic E-state index is 0.00894. The highest BCUT2D eigenvalue weighted by molar-refractivity contribution is 7.09. The number of nitrogens with zero attached hydrogens (tertiary/aromatic N) is 3. The summed E-state index contributed by atoms with van der Waals surface area (Å²) in [5.41, 5.74) is 2.34. The fraction of sp³-hybridized carbons (Fsp3) is 0.476. The number of anilines is 1. The van der Waals surface area contributed by atoms with Crippen molar-refractivity contribution in [2.45, 2.75) is 26.2 Å². The van der Waals surface area contributed by atoms with Gasteiger partial charge in [0.05, 0.1) is 23.0 Å². The Labute approximate surface area is 175 Å². The van der Waals surface area contributed by atoms with E-state index < -0.39 is 0 Å². The molecule has 1 aliphatic heterocycles. The van der Waals surface area contributed by atoms with Crippen LogP contribution in [0, 0.1) is 0 Å². The Kier molecular flexibility index (Phi) is 7.22. The summed E-state index contributed by atoms with van der Waals surface area (Å²) < 4.78 is 10.7. The summed E-state index contributed by atoms with van der Waals surface area (Å²) in [4.78, 5) is 33.0. The van der Waals surface area contributed by atoms with Crippen molar-refractivity contribution in [3.63, 3.8) is 0 Å². The molecule has 156 valence electrons. The number of likely N-dealkylation sites (N-methyl/N-ethyl adjacent to an activating group) is 1. The molecule has 8 heteroatoms. The fourth-order valence-corrected chi connectivity index (χ4v) is 3.85. The van der Waals surface area contributed by atoms with Gasteiger partial charge in [-0.25, -0.2) is 4.98 Å². The number of benzene rings is 1. The molecule has 0 aliphatic carbocycles. The third kappa shape index (κ3) is 5.13. The molecule has 0 spiro atoms. The number of carbonyl (C=O) groups excluding carboxylic acids is 2. The topological polar surface area (TPSA) is 72.0 Å². The second-order valence-electron chi connectivity index (χ2n) is 6.99. The summed E-state index contributed by atoms with van der Waals surface area (Å²) in [6.07, 6.45) is 2.72. The van der Waals surface area contributed by atoms with Gasteiger partial charge in [0.2, 0.25) is 5.91 Å². The van der Waals surface area contributed by atoms with Crippen LogP contribution in [0.4, 0.5) is 5.69 Å². The van der Waals surface area contributed by atoms with Gasteiger partial charge >= 0.3 is 0 Å². The summed E-state index contributed by atoms with van der Waals surface area (Å²) in [5.74, 6) is 0.304. The van der Waals surface area contributed by atoms with Gasteiger partial charge in [-0.3, -0.25) is 14.5 Å². The molecule has 1 aromatic carbocycles. The number of amides is 2. The molecule has 0 bridgehead atoms. The van der Waals surface area contributed by atoms with Crippen LogP contribution in [0.3, 0.4) is 0 Å². The van der Waals surface area contributed by atoms with Gasteiger partial charge in [0.1, 0.15) is 12.3 Å². The van der Waals surface area contributed by atoms with Crippen LogP contribution in [0.15, 0.2) is 23.6 Å². The van der Waals surface area contributed by atoms with Crippen molar-refractivity contribution in [3.8, 4) is 17.0 Å². The molecule has 0 unspecified atom stereocenters. The monoisotopic (exact) mass is 417 g/mol. The summed E-state index contributed by atoms with van der Waals surface area (Å²) in [6, 6.07) is 5.64. The van der Waals surface area contributed by atoms with Crippen LogP contribution in [-0.2, 0) is 20.7 Å². The second-order valence-corrected chi connectivity index (χ2v) is 7.93. The van der Waals surface area contributed by atoms with Crippen LogP contribution in [-0.4, -0.2) is 62.2 Å². The standard InChI is InChI=1S/C21H27N3O4S/c1-4-5-9-23(2)20(25)12-24-17-11-15(6-7-18(17)28-13-21(24)26)16-14-29-19(22-16)8-10-27-3/h6-7,11,14H,4-5,8-10,12-13H2,1-3H3. The van der Waals surface area contributed by atoms with Crippen LogP contribution in [0.1, 0.15) is 24.8 Å². The Hall–Kier alpha value is -2.45.